The van der Waals surface area contributed by atoms with Crippen LogP contribution in [0.25, 0.3) is 0 Å². The Morgan fingerprint density at radius 1 is 1.41 bits per heavy atom. The lowest BCUT2D eigenvalue weighted by molar-refractivity contribution is -0.0284. The van der Waals surface area contributed by atoms with Crippen LogP contribution in [0.1, 0.15) is 55.7 Å². The summed E-state index contributed by atoms with van der Waals surface area (Å²) < 4.78 is 6.04. The Balaban J connectivity index is 1.58. The second-order valence-corrected chi connectivity index (χ2v) is 7.05. The predicted molar refractivity (Wildman–Crippen MR) is 88.0 cm³/mol. The second-order valence-electron chi connectivity index (χ2n) is 7.05. The van der Waals surface area contributed by atoms with Gasteiger partial charge in [-0.2, -0.15) is 5.10 Å². The molecule has 2 aliphatic rings. The van der Waals surface area contributed by atoms with Gasteiger partial charge in [-0.15, -0.1) is 0 Å². The lowest BCUT2D eigenvalue weighted by Crippen LogP contribution is -2.33. The summed E-state index contributed by atoms with van der Waals surface area (Å²) in [5.41, 5.74) is 2.88. The molecule has 2 N–H and O–H groups in total. The Hall–Kier alpha value is -0.910. The number of likely N-dealkylation sites (N-methyl/N-ethyl adjacent to an activating group) is 2. The normalized spacial score (nSPS) is 28.8. The Labute approximate surface area is 133 Å². The molecule has 0 unspecified atom stereocenters. The van der Waals surface area contributed by atoms with E-state index >= 15 is 0 Å². The molecule has 1 saturated carbocycles. The highest BCUT2D eigenvalue weighted by Crippen LogP contribution is 2.44. The number of nitrogens with zero attached hydrogens (tertiary/aromatic N) is 2. The van der Waals surface area contributed by atoms with Crippen LogP contribution in [-0.2, 0) is 11.3 Å². The Morgan fingerprint density at radius 3 is 2.91 bits per heavy atom. The van der Waals surface area contributed by atoms with E-state index in [1.807, 2.05) is 7.05 Å². The first kappa shape index (κ1) is 16.0. The van der Waals surface area contributed by atoms with E-state index < -0.39 is 0 Å². The van der Waals surface area contributed by atoms with Crippen LogP contribution < -0.4 is 5.32 Å². The highest BCUT2D eigenvalue weighted by atomic mass is 16.5. The number of aromatic amines is 1. The van der Waals surface area contributed by atoms with Crippen LogP contribution in [0.4, 0.5) is 0 Å². The third kappa shape index (κ3) is 3.53. The van der Waals surface area contributed by atoms with E-state index in [-0.39, 0.29) is 5.60 Å². The minimum Gasteiger partial charge on any atom is -0.375 e. The van der Waals surface area contributed by atoms with E-state index in [4.69, 9.17) is 4.74 Å². The quantitative estimate of drug-likeness (QED) is 0.846. The molecule has 5 nitrogen and oxygen atoms in total. The fourth-order valence-corrected chi connectivity index (χ4v) is 4.04. The van der Waals surface area contributed by atoms with Crippen LogP contribution in [0, 0.1) is 0 Å². The van der Waals surface area contributed by atoms with Crippen molar-refractivity contribution in [2.24, 2.45) is 0 Å². The van der Waals surface area contributed by atoms with Crippen LogP contribution in [0.5, 0.6) is 0 Å². The molecule has 0 bridgehead atoms. The highest BCUT2D eigenvalue weighted by molar-refractivity contribution is 5.21. The molecule has 1 aliphatic carbocycles. The molecular formula is C17H30N4O. The monoisotopic (exact) mass is 306 g/mol. The third-order valence-electron chi connectivity index (χ3n) is 5.41. The summed E-state index contributed by atoms with van der Waals surface area (Å²) in [6, 6.07) is 0. The zero-order chi connectivity index (χ0) is 15.4. The molecule has 0 aromatic carbocycles. The van der Waals surface area contributed by atoms with Gasteiger partial charge in [-0.3, -0.25) is 5.10 Å². The highest BCUT2D eigenvalue weighted by Gasteiger charge is 2.39. The molecule has 5 heteroatoms. The van der Waals surface area contributed by atoms with Crippen molar-refractivity contribution in [3.63, 3.8) is 0 Å². The maximum absolute atomic E-state index is 6.04. The zero-order valence-corrected chi connectivity index (χ0v) is 14.0. The summed E-state index contributed by atoms with van der Waals surface area (Å²) in [7, 11) is 4.18. The van der Waals surface area contributed by atoms with Crippen molar-refractivity contribution in [1.82, 2.24) is 20.4 Å². The van der Waals surface area contributed by atoms with Gasteiger partial charge in [0.2, 0.25) is 0 Å². The maximum atomic E-state index is 6.04. The molecule has 2 fully saturated rings. The average Bonchev–Trinajstić information content (AvgIpc) is 3.16. The molecule has 2 heterocycles. The molecule has 0 amide bonds. The van der Waals surface area contributed by atoms with E-state index in [0.29, 0.717) is 5.92 Å². The standard InChI is InChI=1S/C17H30N4O/c1-18-9-10-21(2)13-15-12-19-20-16(15)14-4-7-17(8-5-14)6-3-11-22-17/h12,14,18H,3-11,13H2,1-2H3,(H,19,20)/t14-,17+. The van der Waals surface area contributed by atoms with E-state index in [2.05, 4.69) is 33.7 Å². The van der Waals surface area contributed by atoms with Gasteiger partial charge in [-0.1, -0.05) is 0 Å². The molecule has 1 aromatic heterocycles. The van der Waals surface area contributed by atoms with E-state index in [1.165, 1.54) is 49.8 Å². The van der Waals surface area contributed by atoms with Gasteiger partial charge >= 0.3 is 0 Å². The predicted octanol–water partition coefficient (Wildman–Crippen LogP) is 2.27. The summed E-state index contributed by atoms with van der Waals surface area (Å²) in [5, 5.41) is 10.9. The minimum atomic E-state index is 0.219. The summed E-state index contributed by atoms with van der Waals surface area (Å²) in [4.78, 5) is 2.36. The molecular weight excluding hydrogens is 276 g/mol. The van der Waals surface area contributed by atoms with Crippen LogP contribution in [0.3, 0.4) is 0 Å². The van der Waals surface area contributed by atoms with Crippen LogP contribution in [0.15, 0.2) is 6.20 Å². The molecule has 1 saturated heterocycles. The van der Waals surface area contributed by atoms with Gasteiger partial charge in [0.05, 0.1) is 11.3 Å². The van der Waals surface area contributed by atoms with Gasteiger partial charge in [-0.25, -0.2) is 0 Å². The van der Waals surface area contributed by atoms with Gasteiger partial charge < -0.3 is 15.0 Å². The van der Waals surface area contributed by atoms with Gasteiger partial charge in [0, 0.05) is 43.9 Å². The summed E-state index contributed by atoms with van der Waals surface area (Å²) in [5.74, 6) is 0.605. The van der Waals surface area contributed by atoms with E-state index in [1.54, 1.807) is 0 Å². The number of ether oxygens (including phenoxy) is 1. The second kappa shape index (κ2) is 7.11. The van der Waals surface area contributed by atoms with Crippen LogP contribution in [0.2, 0.25) is 0 Å². The van der Waals surface area contributed by atoms with Crippen molar-refractivity contribution in [3.8, 4) is 0 Å². The van der Waals surface area contributed by atoms with E-state index in [9.17, 15) is 0 Å². The summed E-state index contributed by atoms with van der Waals surface area (Å²) in [6.45, 7) is 4.02. The van der Waals surface area contributed by atoms with Crippen molar-refractivity contribution >= 4 is 0 Å². The average molecular weight is 306 g/mol. The van der Waals surface area contributed by atoms with Crippen molar-refractivity contribution in [2.45, 2.75) is 56.6 Å². The topological polar surface area (TPSA) is 53.2 Å². The summed E-state index contributed by atoms with van der Waals surface area (Å²) in [6.07, 6.45) is 9.45. The van der Waals surface area contributed by atoms with Crippen molar-refractivity contribution < 1.29 is 4.74 Å². The van der Waals surface area contributed by atoms with Gasteiger partial charge in [0.1, 0.15) is 0 Å². The van der Waals surface area contributed by atoms with Crippen molar-refractivity contribution in [1.29, 1.82) is 0 Å². The Morgan fingerprint density at radius 2 is 2.23 bits per heavy atom. The number of hydrogen-bond donors (Lipinski definition) is 2. The molecule has 3 rings (SSSR count). The van der Waals surface area contributed by atoms with Gasteiger partial charge in [0.25, 0.3) is 0 Å². The molecule has 1 aromatic rings. The third-order valence-corrected chi connectivity index (χ3v) is 5.41. The first-order valence-corrected chi connectivity index (χ1v) is 8.72. The van der Waals surface area contributed by atoms with Gasteiger partial charge in [0.15, 0.2) is 0 Å². The largest absolute Gasteiger partial charge is 0.375 e. The van der Waals surface area contributed by atoms with Crippen LogP contribution >= 0.6 is 0 Å². The van der Waals surface area contributed by atoms with Gasteiger partial charge in [-0.05, 0) is 52.6 Å². The number of aromatic nitrogens is 2. The molecule has 22 heavy (non-hydrogen) atoms. The molecule has 1 spiro atoms. The number of H-pyrrole nitrogens is 1. The smallest absolute Gasteiger partial charge is 0.0697 e. The number of nitrogens with one attached hydrogen (secondary N) is 2. The Kier molecular flexibility index (Phi) is 5.16. The lowest BCUT2D eigenvalue weighted by Gasteiger charge is -2.36. The molecule has 0 atom stereocenters. The van der Waals surface area contributed by atoms with Crippen LogP contribution in [-0.4, -0.2) is 54.5 Å². The molecule has 124 valence electrons. The lowest BCUT2D eigenvalue weighted by atomic mass is 9.76. The number of rotatable bonds is 6. The fraction of sp³-hybridized carbons (Fsp3) is 0.824. The molecule has 0 radical (unpaired) electrons. The van der Waals surface area contributed by atoms with Crippen molar-refractivity contribution in [2.75, 3.05) is 33.8 Å². The number of hydrogen-bond acceptors (Lipinski definition) is 4. The fourth-order valence-electron chi connectivity index (χ4n) is 4.04. The van der Waals surface area contributed by atoms with E-state index in [0.717, 1.165) is 26.2 Å². The SMILES string of the molecule is CNCCN(C)Cc1c[nH]nc1[C@H]1CC[C@]2(CCCO2)CC1. The minimum absolute atomic E-state index is 0.219. The first-order valence-electron chi connectivity index (χ1n) is 8.72. The maximum Gasteiger partial charge on any atom is 0.0697 e. The Bertz CT molecular complexity index is 457. The summed E-state index contributed by atoms with van der Waals surface area (Å²) >= 11 is 0. The van der Waals surface area contributed by atoms with Crippen molar-refractivity contribution in [3.05, 3.63) is 17.5 Å². The zero-order valence-electron chi connectivity index (χ0n) is 14.0. The first-order chi connectivity index (χ1) is 10.7. The molecule has 1 aliphatic heterocycles.